The number of nitrogens with zero attached hydrogens (tertiary/aromatic N) is 3. The third-order valence-electron chi connectivity index (χ3n) is 5.44. The van der Waals surface area contributed by atoms with Crippen LogP contribution < -0.4 is 4.90 Å². The summed E-state index contributed by atoms with van der Waals surface area (Å²) in [5.74, 6) is 0.490. The van der Waals surface area contributed by atoms with Crippen LogP contribution in [0.4, 0.5) is 5.69 Å². The molecule has 1 aromatic heterocycles. The van der Waals surface area contributed by atoms with E-state index in [1.807, 2.05) is 29.4 Å². The van der Waals surface area contributed by atoms with Crippen molar-refractivity contribution in [3.05, 3.63) is 59.9 Å². The molecule has 0 spiro atoms. The third kappa shape index (κ3) is 3.59. The maximum Gasteiger partial charge on any atom is 0.230 e. The second-order valence-corrected chi connectivity index (χ2v) is 7.13. The number of hydrogen-bond donors (Lipinski definition) is 0. The Morgan fingerprint density at radius 1 is 1.08 bits per heavy atom. The van der Waals surface area contributed by atoms with Crippen molar-refractivity contribution in [2.75, 3.05) is 24.5 Å². The van der Waals surface area contributed by atoms with Crippen LogP contribution in [-0.2, 0) is 17.8 Å². The molecule has 1 fully saturated rings. The van der Waals surface area contributed by atoms with E-state index in [0.717, 1.165) is 57.5 Å². The van der Waals surface area contributed by atoms with Gasteiger partial charge in [-0.3, -0.25) is 14.7 Å². The molecule has 0 atom stereocenters. The molecule has 4 heteroatoms. The summed E-state index contributed by atoms with van der Waals surface area (Å²) >= 11 is 0. The number of carbonyl (C=O) groups is 1. The van der Waals surface area contributed by atoms with Gasteiger partial charge in [0.15, 0.2) is 0 Å². The number of amides is 1. The molecule has 0 unspecified atom stereocenters. The molecule has 2 aliphatic heterocycles. The van der Waals surface area contributed by atoms with Crippen LogP contribution >= 0.6 is 0 Å². The van der Waals surface area contributed by atoms with Crippen LogP contribution in [0, 0.1) is 5.92 Å². The van der Waals surface area contributed by atoms with Crippen LogP contribution in [0.2, 0.25) is 0 Å². The van der Waals surface area contributed by atoms with Crippen molar-refractivity contribution in [1.29, 1.82) is 0 Å². The Balaban J connectivity index is 1.37. The second kappa shape index (κ2) is 7.36. The minimum Gasteiger partial charge on any atom is -0.312 e. The van der Waals surface area contributed by atoms with Crippen molar-refractivity contribution in [2.45, 2.75) is 32.2 Å². The maximum atomic E-state index is 13.1. The lowest BCUT2D eigenvalue weighted by Gasteiger charge is -2.36. The summed E-state index contributed by atoms with van der Waals surface area (Å²) in [4.78, 5) is 21.7. The van der Waals surface area contributed by atoms with Crippen LogP contribution in [0.3, 0.4) is 0 Å². The van der Waals surface area contributed by atoms with Crippen molar-refractivity contribution < 1.29 is 4.79 Å². The number of piperidine rings is 1. The lowest BCUT2D eigenvalue weighted by Crippen LogP contribution is -2.44. The second-order valence-electron chi connectivity index (χ2n) is 7.13. The first-order valence-corrected chi connectivity index (χ1v) is 9.32. The Morgan fingerprint density at radius 2 is 1.92 bits per heavy atom. The minimum absolute atomic E-state index is 0.163. The van der Waals surface area contributed by atoms with Crippen molar-refractivity contribution in [2.24, 2.45) is 5.92 Å². The molecule has 130 valence electrons. The Labute approximate surface area is 149 Å². The van der Waals surface area contributed by atoms with Crippen LogP contribution in [0.5, 0.6) is 0 Å². The number of aromatic nitrogens is 1. The fourth-order valence-corrected chi connectivity index (χ4v) is 4.07. The SMILES string of the molecule is O=C(C1CCN(Cc2cccnc2)CC1)N1CCCc2ccccc21. The van der Waals surface area contributed by atoms with Gasteiger partial charge in [-0.1, -0.05) is 24.3 Å². The first-order valence-electron chi connectivity index (χ1n) is 9.32. The highest BCUT2D eigenvalue weighted by molar-refractivity contribution is 5.96. The monoisotopic (exact) mass is 335 g/mol. The zero-order chi connectivity index (χ0) is 17.1. The van der Waals surface area contributed by atoms with E-state index in [4.69, 9.17) is 0 Å². The highest BCUT2D eigenvalue weighted by Gasteiger charge is 2.31. The first kappa shape index (κ1) is 16.3. The number of hydrogen-bond acceptors (Lipinski definition) is 3. The van der Waals surface area contributed by atoms with Gasteiger partial charge in [0.25, 0.3) is 0 Å². The summed E-state index contributed by atoms with van der Waals surface area (Å²) < 4.78 is 0. The Kier molecular flexibility index (Phi) is 4.79. The van der Waals surface area contributed by atoms with Gasteiger partial charge in [0, 0.05) is 37.1 Å². The van der Waals surface area contributed by atoms with Crippen LogP contribution in [0.1, 0.15) is 30.4 Å². The van der Waals surface area contributed by atoms with E-state index >= 15 is 0 Å². The molecule has 0 saturated carbocycles. The molecule has 1 amide bonds. The zero-order valence-corrected chi connectivity index (χ0v) is 14.6. The van der Waals surface area contributed by atoms with Gasteiger partial charge < -0.3 is 4.90 Å². The van der Waals surface area contributed by atoms with E-state index in [1.165, 1.54) is 11.1 Å². The number of aryl methyl sites for hydroxylation is 1. The van der Waals surface area contributed by atoms with E-state index in [9.17, 15) is 4.79 Å². The van der Waals surface area contributed by atoms with E-state index < -0.39 is 0 Å². The largest absolute Gasteiger partial charge is 0.312 e. The highest BCUT2D eigenvalue weighted by atomic mass is 16.2. The molecule has 4 nitrogen and oxygen atoms in total. The minimum atomic E-state index is 0.163. The van der Waals surface area contributed by atoms with Gasteiger partial charge >= 0.3 is 0 Å². The summed E-state index contributed by atoms with van der Waals surface area (Å²) in [6, 6.07) is 12.5. The highest BCUT2D eigenvalue weighted by Crippen LogP contribution is 2.30. The van der Waals surface area contributed by atoms with E-state index in [-0.39, 0.29) is 5.92 Å². The van der Waals surface area contributed by atoms with Gasteiger partial charge in [-0.2, -0.15) is 0 Å². The molecule has 1 saturated heterocycles. The van der Waals surface area contributed by atoms with Gasteiger partial charge in [-0.25, -0.2) is 0 Å². The van der Waals surface area contributed by atoms with Crippen LogP contribution in [0.25, 0.3) is 0 Å². The summed E-state index contributed by atoms with van der Waals surface area (Å²) in [6.07, 6.45) is 7.81. The third-order valence-corrected chi connectivity index (χ3v) is 5.44. The summed E-state index contributed by atoms with van der Waals surface area (Å²) in [7, 11) is 0. The number of benzene rings is 1. The number of rotatable bonds is 3. The fourth-order valence-electron chi connectivity index (χ4n) is 4.07. The van der Waals surface area contributed by atoms with Crippen molar-refractivity contribution >= 4 is 11.6 Å². The summed E-state index contributed by atoms with van der Waals surface area (Å²) in [5.41, 5.74) is 3.70. The molecule has 2 aromatic rings. The molecule has 0 bridgehead atoms. The molecule has 4 rings (SSSR count). The molecule has 0 N–H and O–H groups in total. The topological polar surface area (TPSA) is 36.4 Å². The van der Waals surface area contributed by atoms with Crippen LogP contribution in [0.15, 0.2) is 48.8 Å². The normalized spacial score (nSPS) is 18.8. The predicted octanol–water partition coefficient (Wildman–Crippen LogP) is 3.27. The first-order chi connectivity index (χ1) is 12.3. The van der Waals surface area contributed by atoms with Gasteiger partial charge in [0.1, 0.15) is 0 Å². The lowest BCUT2D eigenvalue weighted by molar-refractivity contribution is -0.123. The van der Waals surface area contributed by atoms with Gasteiger partial charge in [-0.05, 0) is 62.0 Å². The molecular formula is C21H25N3O. The average Bonchev–Trinajstić information content (AvgIpc) is 2.68. The van der Waals surface area contributed by atoms with E-state index in [1.54, 1.807) is 0 Å². The van der Waals surface area contributed by atoms with Crippen molar-refractivity contribution in [3.8, 4) is 0 Å². The zero-order valence-electron chi connectivity index (χ0n) is 14.6. The Hall–Kier alpha value is -2.20. The Morgan fingerprint density at radius 3 is 2.72 bits per heavy atom. The lowest BCUT2D eigenvalue weighted by atomic mass is 9.93. The van der Waals surface area contributed by atoms with E-state index in [0.29, 0.717) is 5.91 Å². The molecule has 1 aromatic carbocycles. The smallest absolute Gasteiger partial charge is 0.230 e. The van der Waals surface area contributed by atoms with Gasteiger partial charge in [-0.15, -0.1) is 0 Å². The van der Waals surface area contributed by atoms with Crippen molar-refractivity contribution in [1.82, 2.24) is 9.88 Å². The van der Waals surface area contributed by atoms with Crippen LogP contribution in [-0.4, -0.2) is 35.4 Å². The predicted molar refractivity (Wildman–Crippen MR) is 99.4 cm³/mol. The number of fused-ring (bicyclic) bond motifs is 1. The average molecular weight is 335 g/mol. The standard InChI is InChI=1S/C21H25N3O/c25-21(24-12-4-7-18-6-1-2-8-20(18)24)19-9-13-23(14-10-19)16-17-5-3-11-22-15-17/h1-3,5-6,8,11,15,19H,4,7,9-10,12-14,16H2. The fraction of sp³-hybridized carbons (Fsp3) is 0.429. The molecule has 0 radical (unpaired) electrons. The summed E-state index contributed by atoms with van der Waals surface area (Å²) in [6.45, 7) is 3.77. The molecule has 2 aliphatic rings. The summed E-state index contributed by atoms with van der Waals surface area (Å²) in [5, 5.41) is 0. The number of para-hydroxylation sites is 1. The number of likely N-dealkylation sites (tertiary alicyclic amines) is 1. The quantitative estimate of drug-likeness (QED) is 0.864. The maximum absolute atomic E-state index is 13.1. The number of carbonyl (C=O) groups excluding carboxylic acids is 1. The molecule has 3 heterocycles. The Bertz CT molecular complexity index is 723. The molecule has 25 heavy (non-hydrogen) atoms. The van der Waals surface area contributed by atoms with Gasteiger partial charge in [0.05, 0.1) is 0 Å². The number of anilines is 1. The number of pyridine rings is 1. The van der Waals surface area contributed by atoms with Gasteiger partial charge in [0.2, 0.25) is 5.91 Å². The van der Waals surface area contributed by atoms with E-state index in [2.05, 4.69) is 34.1 Å². The molecular weight excluding hydrogens is 310 g/mol. The van der Waals surface area contributed by atoms with Crippen molar-refractivity contribution in [3.63, 3.8) is 0 Å². The molecule has 0 aliphatic carbocycles.